The summed E-state index contributed by atoms with van der Waals surface area (Å²) < 4.78 is 15.3. The minimum Gasteiger partial charge on any atom is -0.400 e. The van der Waals surface area contributed by atoms with Crippen LogP contribution in [-0.2, 0) is 6.67 Å². The molecule has 0 atom stereocenters. The minimum atomic E-state index is -0.688. The van der Waals surface area contributed by atoms with Gasteiger partial charge in [0.2, 0.25) is 0 Å². The molecule has 0 unspecified atom stereocenters. The number of rotatable bonds is 4. The van der Waals surface area contributed by atoms with Crippen LogP contribution in [0.3, 0.4) is 0 Å². The number of halogens is 1. The van der Waals surface area contributed by atoms with E-state index in [4.69, 9.17) is 10.8 Å². The number of aromatic nitrogens is 6. The van der Waals surface area contributed by atoms with Crippen molar-refractivity contribution in [3.05, 3.63) is 82.4 Å². The summed E-state index contributed by atoms with van der Waals surface area (Å²) >= 11 is 0. The third-order valence-electron chi connectivity index (χ3n) is 3.77. The van der Waals surface area contributed by atoms with Crippen LogP contribution >= 0.6 is 0 Å². The van der Waals surface area contributed by atoms with Crippen molar-refractivity contribution in [1.29, 1.82) is 0 Å². The van der Waals surface area contributed by atoms with Crippen LogP contribution in [0.1, 0.15) is 11.4 Å². The number of benzene rings is 2. The molecule has 0 spiro atoms. The number of nitro benzene ring substituents is 1. The van der Waals surface area contributed by atoms with Gasteiger partial charge in [-0.15, -0.1) is 10.2 Å². The number of aliphatic hydroxyl groups is 1. The van der Waals surface area contributed by atoms with Crippen LogP contribution in [0.5, 0.6) is 0 Å². The monoisotopic (exact) mass is 428 g/mol. The van der Waals surface area contributed by atoms with Crippen molar-refractivity contribution in [2.45, 2.75) is 13.6 Å². The van der Waals surface area contributed by atoms with Crippen LogP contribution in [0.25, 0.3) is 11.4 Å². The predicted molar refractivity (Wildman–Crippen MR) is 111 cm³/mol. The number of alkyl halides is 1. The van der Waals surface area contributed by atoms with Gasteiger partial charge in [0, 0.05) is 24.9 Å². The third-order valence-corrected chi connectivity index (χ3v) is 3.77. The summed E-state index contributed by atoms with van der Waals surface area (Å²) in [5.74, 6) is 0. The normalized spacial score (nSPS) is 9.81. The lowest BCUT2D eigenvalue weighted by atomic mass is 10.3. The lowest BCUT2D eigenvalue weighted by Crippen LogP contribution is -1.95. The first-order valence-electron chi connectivity index (χ1n) is 8.88. The predicted octanol–water partition coefficient (Wildman–Crippen LogP) is 2.41. The van der Waals surface area contributed by atoms with Gasteiger partial charge in [-0.3, -0.25) is 10.1 Å². The molecule has 162 valence electrons. The van der Waals surface area contributed by atoms with Crippen LogP contribution in [0.2, 0.25) is 0 Å². The van der Waals surface area contributed by atoms with Crippen LogP contribution in [0.4, 0.5) is 15.8 Å². The fourth-order valence-electron chi connectivity index (χ4n) is 2.31. The molecule has 0 amide bonds. The molecule has 0 bridgehead atoms. The molecule has 0 radical (unpaired) electrons. The Kier molecular flexibility index (Phi) is 8.28. The number of aliphatic hydroxyl groups excluding tert-OH is 1. The van der Waals surface area contributed by atoms with Crippen molar-refractivity contribution in [3.8, 4) is 11.4 Å². The van der Waals surface area contributed by atoms with Crippen LogP contribution in [0, 0.1) is 17.0 Å². The molecule has 2 aromatic carbocycles. The topological polar surface area (TPSA) is 151 Å². The Morgan fingerprint density at radius 3 is 1.94 bits per heavy atom. The van der Waals surface area contributed by atoms with E-state index >= 15 is 0 Å². The second-order valence-corrected chi connectivity index (χ2v) is 5.96. The van der Waals surface area contributed by atoms with Crippen molar-refractivity contribution in [2.75, 3.05) is 12.8 Å². The zero-order valence-corrected chi connectivity index (χ0v) is 16.8. The molecule has 0 aliphatic carbocycles. The standard InChI is InChI=1S/C9H7FN4O2.C9H10N4.CH4O/c10-5-7-6-13(12-11-7)8-1-3-9(4-2-8)14(15)16;1-7-6-13(12-11-7)9-4-2-8(10)3-5-9;1-2/h1-4,6H,5H2;2-6H,10H2,1H3;2H,1H3. The highest BCUT2D eigenvalue weighted by molar-refractivity contribution is 5.44. The smallest absolute Gasteiger partial charge is 0.269 e. The van der Waals surface area contributed by atoms with E-state index in [0.717, 1.165) is 24.2 Å². The molecule has 4 rings (SSSR count). The summed E-state index contributed by atoms with van der Waals surface area (Å²) in [6, 6.07) is 13.2. The molecular formula is C19H21FN8O3. The van der Waals surface area contributed by atoms with E-state index in [-0.39, 0.29) is 11.4 Å². The summed E-state index contributed by atoms with van der Waals surface area (Å²) in [5, 5.41) is 32.5. The van der Waals surface area contributed by atoms with Gasteiger partial charge >= 0.3 is 0 Å². The van der Waals surface area contributed by atoms with Crippen LogP contribution in [-0.4, -0.2) is 47.1 Å². The average molecular weight is 428 g/mol. The van der Waals surface area contributed by atoms with Gasteiger partial charge in [-0.25, -0.2) is 13.8 Å². The molecule has 0 fully saturated rings. The summed E-state index contributed by atoms with van der Waals surface area (Å²) in [4.78, 5) is 9.93. The van der Waals surface area contributed by atoms with Gasteiger partial charge in [0.15, 0.2) is 0 Å². The van der Waals surface area contributed by atoms with Crippen molar-refractivity contribution >= 4 is 11.4 Å². The van der Waals surface area contributed by atoms with Crippen molar-refractivity contribution in [1.82, 2.24) is 30.0 Å². The number of nitrogens with two attached hydrogens (primary N) is 1. The Morgan fingerprint density at radius 2 is 1.48 bits per heavy atom. The SMILES string of the molecule is CO.Cc1cn(-c2ccc(N)cc2)nn1.O=[N+]([O-])c1ccc(-n2cc(CF)nn2)cc1. The zero-order chi connectivity index (χ0) is 22.8. The second kappa shape index (κ2) is 11.1. The fraction of sp³-hybridized carbons (Fsp3) is 0.158. The number of anilines is 1. The van der Waals surface area contributed by atoms with Gasteiger partial charge in [-0.2, -0.15) is 0 Å². The molecule has 12 heteroatoms. The van der Waals surface area contributed by atoms with E-state index in [2.05, 4.69) is 20.6 Å². The Bertz CT molecular complexity index is 1090. The van der Waals surface area contributed by atoms with Gasteiger partial charge in [0.05, 0.1) is 34.4 Å². The summed E-state index contributed by atoms with van der Waals surface area (Å²) in [7, 11) is 1.00. The zero-order valence-electron chi connectivity index (χ0n) is 16.8. The number of nitrogen functional groups attached to an aromatic ring is 1. The summed E-state index contributed by atoms with van der Waals surface area (Å²) in [6.07, 6.45) is 3.30. The highest BCUT2D eigenvalue weighted by Crippen LogP contribution is 2.14. The van der Waals surface area contributed by atoms with E-state index in [9.17, 15) is 14.5 Å². The average Bonchev–Trinajstić information content (AvgIpc) is 3.45. The van der Waals surface area contributed by atoms with Gasteiger partial charge in [0.25, 0.3) is 5.69 Å². The van der Waals surface area contributed by atoms with E-state index in [0.29, 0.717) is 5.69 Å². The molecule has 0 saturated heterocycles. The van der Waals surface area contributed by atoms with Crippen molar-refractivity contribution < 1.29 is 14.4 Å². The maximum absolute atomic E-state index is 12.2. The highest BCUT2D eigenvalue weighted by atomic mass is 19.1. The van der Waals surface area contributed by atoms with Gasteiger partial charge in [0.1, 0.15) is 12.4 Å². The molecule has 3 N–H and O–H groups in total. The number of nitro groups is 1. The maximum Gasteiger partial charge on any atom is 0.269 e. The molecule has 2 aromatic heterocycles. The molecule has 0 aliphatic rings. The Morgan fingerprint density at radius 1 is 0.968 bits per heavy atom. The number of hydrogen-bond acceptors (Lipinski definition) is 8. The largest absolute Gasteiger partial charge is 0.400 e. The molecule has 0 saturated carbocycles. The first-order chi connectivity index (χ1) is 15.0. The third kappa shape index (κ3) is 6.40. The van der Waals surface area contributed by atoms with E-state index in [1.165, 1.54) is 35.1 Å². The first kappa shape index (κ1) is 23.1. The van der Waals surface area contributed by atoms with E-state index in [1.54, 1.807) is 4.68 Å². The molecule has 31 heavy (non-hydrogen) atoms. The highest BCUT2D eigenvalue weighted by Gasteiger charge is 2.06. The number of aryl methyl sites for hydroxylation is 1. The van der Waals surface area contributed by atoms with Gasteiger partial charge in [-0.05, 0) is 43.3 Å². The summed E-state index contributed by atoms with van der Waals surface area (Å²) in [5.41, 5.74) is 8.99. The number of hydrogen-bond donors (Lipinski definition) is 2. The van der Waals surface area contributed by atoms with Gasteiger partial charge < -0.3 is 10.8 Å². The molecule has 2 heterocycles. The minimum absolute atomic E-state index is 0.00502. The van der Waals surface area contributed by atoms with Crippen LogP contribution < -0.4 is 5.73 Å². The first-order valence-corrected chi connectivity index (χ1v) is 8.88. The fourth-order valence-corrected chi connectivity index (χ4v) is 2.31. The van der Waals surface area contributed by atoms with Gasteiger partial charge in [-0.1, -0.05) is 10.4 Å². The maximum atomic E-state index is 12.2. The van der Waals surface area contributed by atoms with E-state index in [1.807, 2.05) is 37.4 Å². The lowest BCUT2D eigenvalue weighted by Gasteiger charge is -1.99. The summed E-state index contributed by atoms with van der Waals surface area (Å²) in [6.45, 7) is 1.22. The molecule has 0 aliphatic heterocycles. The van der Waals surface area contributed by atoms with Crippen LogP contribution in [0.15, 0.2) is 60.9 Å². The Labute approximate surface area is 176 Å². The van der Waals surface area contributed by atoms with Crippen molar-refractivity contribution in [2.24, 2.45) is 0 Å². The molecular weight excluding hydrogens is 407 g/mol. The number of non-ortho nitro benzene ring substituents is 1. The Hall–Kier alpha value is -4.19. The quantitative estimate of drug-likeness (QED) is 0.286. The number of nitrogens with zero attached hydrogens (tertiary/aromatic N) is 7. The molecule has 11 nitrogen and oxygen atoms in total. The lowest BCUT2D eigenvalue weighted by molar-refractivity contribution is -0.384. The second-order valence-electron chi connectivity index (χ2n) is 5.96. The Balaban J connectivity index is 0.000000208. The molecule has 4 aromatic rings. The van der Waals surface area contributed by atoms with Crippen molar-refractivity contribution in [3.63, 3.8) is 0 Å². The van der Waals surface area contributed by atoms with E-state index < -0.39 is 11.6 Å².